The minimum Gasteiger partial charge on any atom is -0.379 e. The van der Waals surface area contributed by atoms with Crippen molar-refractivity contribution in [2.75, 3.05) is 5.32 Å². The van der Waals surface area contributed by atoms with E-state index in [2.05, 4.69) is 44.3 Å². The third kappa shape index (κ3) is 3.06. The maximum atomic E-state index is 4.34. The number of hydrogen-bond acceptors (Lipinski definition) is 2. The van der Waals surface area contributed by atoms with Crippen molar-refractivity contribution in [3.63, 3.8) is 0 Å². The number of rotatable bonds is 3. The summed E-state index contributed by atoms with van der Waals surface area (Å²) in [6.07, 6.45) is 9.45. The monoisotopic (exact) mass is 249 g/mol. The van der Waals surface area contributed by atoms with Crippen LogP contribution in [0.15, 0.2) is 12.4 Å². The average molecular weight is 249 g/mol. The van der Waals surface area contributed by atoms with Crippen molar-refractivity contribution in [2.45, 2.75) is 66.0 Å². The maximum Gasteiger partial charge on any atom is 0.0728 e. The Labute approximate surface area is 111 Å². The normalized spacial score (nSPS) is 25.1. The van der Waals surface area contributed by atoms with Crippen LogP contribution >= 0.6 is 0 Å². The maximum absolute atomic E-state index is 4.34. The minimum absolute atomic E-state index is 0.388. The number of aromatic nitrogens is 2. The van der Waals surface area contributed by atoms with Gasteiger partial charge < -0.3 is 5.32 Å². The number of nitrogens with one attached hydrogen (secondary N) is 1. The molecule has 18 heavy (non-hydrogen) atoms. The Morgan fingerprint density at radius 3 is 2.67 bits per heavy atom. The van der Waals surface area contributed by atoms with Crippen LogP contribution in [0.5, 0.6) is 0 Å². The molecule has 3 heteroatoms. The number of hydrogen-bond donors (Lipinski definition) is 1. The predicted octanol–water partition coefficient (Wildman–Crippen LogP) is 3.92. The summed E-state index contributed by atoms with van der Waals surface area (Å²) in [5.41, 5.74) is 1.57. The molecule has 2 atom stereocenters. The van der Waals surface area contributed by atoms with E-state index in [0.717, 1.165) is 12.5 Å². The summed E-state index contributed by atoms with van der Waals surface area (Å²) in [6.45, 7) is 10.2. The first-order valence-electron chi connectivity index (χ1n) is 7.29. The van der Waals surface area contributed by atoms with Crippen molar-refractivity contribution < 1.29 is 0 Å². The van der Waals surface area contributed by atoms with Crippen LogP contribution in [0.4, 0.5) is 5.69 Å². The van der Waals surface area contributed by atoms with E-state index in [1.54, 1.807) is 0 Å². The van der Waals surface area contributed by atoms with Gasteiger partial charge in [0, 0.05) is 18.8 Å². The summed E-state index contributed by atoms with van der Waals surface area (Å²) in [6, 6.07) is 0.605. The van der Waals surface area contributed by atoms with E-state index >= 15 is 0 Å². The second kappa shape index (κ2) is 5.33. The average Bonchev–Trinajstić information content (AvgIpc) is 2.76. The Bertz CT molecular complexity index is 375. The summed E-state index contributed by atoms with van der Waals surface area (Å²) in [4.78, 5) is 0. The summed E-state index contributed by atoms with van der Waals surface area (Å²) < 4.78 is 1.98. The van der Waals surface area contributed by atoms with Crippen molar-refractivity contribution in [3.8, 4) is 0 Å². The zero-order valence-corrected chi connectivity index (χ0v) is 12.2. The van der Waals surface area contributed by atoms with Crippen LogP contribution in [0.3, 0.4) is 0 Å². The molecule has 0 spiro atoms. The molecule has 0 bridgehead atoms. The van der Waals surface area contributed by atoms with Gasteiger partial charge in [0.15, 0.2) is 0 Å². The lowest BCUT2D eigenvalue weighted by Crippen LogP contribution is -2.39. The molecule has 1 heterocycles. The molecule has 2 rings (SSSR count). The van der Waals surface area contributed by atoms with Gasteiger partial charge in [0.2, 0.25) is 0 Å². The lowest BCUT2D eigenvalue weighted by molar-refractivity contribution is 0.163. The van der Waals surface area contributed by atoms with Gasteiger partial charge in [-0.2, -0.15) is 5.10 Å². The Balaban J connectivity index is 2.05. The van der Waals surface area contributed by atoms with Crippen LogP contribution in [0.2, 0.25) is 0 Å². The van der Waals surface area contributed by atoms with Gasteiger partial charge in [0.1, 0.15) is 0 Å². The fourth-order valence-electron chi connectivity index (χ4n) is 3.17. The van der Waals surface area contributed by atoms with E-state index in [1.807, 2.05) is 10.9 Å². The Morgan fingerprint density at radius 2 is 2.06 bits per heavy atom. The molecule has 1 aromatic heterocycles. The van der Waals surface area contributed by atoms with E-state index in [0.29, 0.717) is 11.5 Å². The lowest BCUT2D eigenvalue weighted by atomic mass is 9.69. The van der Waals surface area contributed by atoms with Gasteiger partial charge in [-0.3, -0.25) is 4.68 Å². The molecule has 102 valence electrons. The molecular formula is C15H27N3. The highest BCUT2D eigenvalue weighted by atomic mass is 15.3. The van der Waals surface area contributed by atoms with Crippen molar-refractivity contribution in [1.29, 1.82) is 0 Å². The molecule has 0 saturated heterocycles. The van der Waals surface area contributed by atoms with Crippen molar-refractivity contribution in [1.82, 2.24) is 9.78 Å². The molecule has 1 aliphatic rings. The molecule has 0 aliphatic heterocycles. The zero-order valence-electron chi connectivity index (χ0n) is 12.2. The van der Waals surface area contributed by atoms with Gasteiger partial charge in [-0.25, -0.2) is 0 Å². The SMILES string of the molecule is CCn1cc(NC2CCCCC2C(C)(C)C)cn1. The van der Waals surface area contributed by atoms with Crippen LogP contribution < -0.4 is 5.32 Å². The Kier molecular flexibility index (Phi) is 3.98. The Hall–Kier alpha value is -0.990. The first-order valence-corrected chi connectivity index (χ1v) is 7.29. The van der Waals surface area contributed by atoms with Crippen molar-refractivity contribution in [2.24, 2.45) is 11.3 Å². The smallest absolute Gasteiger partial charge is 0.0728 e. The molecule has 1 aromatic rings. The van der Waals surface area contributed by atoms with Crippen LogP contribution in [-0.2, 0) is 6.54 Å². The molecule has 0 amide bonds. The zero-order chi connectivity index (χ0) is 13.2. The van der Waals surface area contributed by atoms with E-state index in [-0.39, 0.29) is 0 Å². The van der Waals surface area contributed by atoms with Gasteiger partial charge >= 0.3 is 0 Å². The molecule has 1 fully saturated rings. The van der Waals surface area contributed by atoms with Crippen LogP contribution in [0, 0.1) is 11.3 Å². The minimum atomic E-state index is 0.388. The van der Waals surface area contributed by atoms with Crippen molar-refractivity contribution in [3.05, 3.63) is 12.4 Å². The van der Waals surface area contributed by atoms with E-state index < -0.39 is 0 Å². The van der Waals surface area contributed by atoms with E-state index in [1.165, 1.54) is 31.4 Å². The summed E-state index contributed by atoms with van der Waals surface area (Å²) >= 11 is 0. The Morgan fingerprint density at radius 1 is 1.33 bits per heavy atom. The predicted molar refractivity (Wildman–Crippen MR) is 76.7 cm³/mol. The van der Waals surface area contributed by atoms with Gasteiger partial charge in [0.05, 0.1) is 11.9 Å². The highest BCUT2D eigenvalue weighted by Gasteiger charge is 2.34. The molecular weight excluding hydrogens is 222 g/mol. The van der Waals surface area contributed by atoms with Crippen LogP contribution in [-0.4, -0.2) is 15.8 Å². The van der Waals surface area contributed by atoms with Gasteiger partial charge in [-0.05, 0) is 31.1 Å². The molecule has 3 nitrogen and oxygen atoms in total. The largest absolute Gasteiger partial charge is 0.379 e. The number of nitrogens with zero attached hydrogens (tertiary/aromatic N) is 2. The topological polar surface area (TPSA) is 29.9 Å². The number of aryl methyl sites for hydroxylation is 1. The molecule has 0 aromatic carbocycles. The van der Waals surface area contributed by atoms with Gasteiger partial charge in [-0.1, -0.05) is 33.6 Å². The summed E-state index contributed by atoms with van der Waals surface area (Å²) in [5.74, 6) is 0.760. The first kappa shape index (κ1) is 13.4. The quantitative estimate of drug-likeness (QED) is 0.880. The lowest BCUT2D eigenvalue weighted by Gasteiger charge is -2.41. The third-order valence-electron chi connectivity index (χ3n) is 4.19. The summed E-state index contributed by atoms with van der Waals surface area (Å²) in [5, 5.41) is 8.05. The van der Waals surface area contributed by atoms with E-state index in [9.17, 15) is 0 Å². The standard InChI is InChI=1S/C15H27N3/c1-5-18-11-12(10-16-18)17-14-9-7-6-8-13(14)15(2,3)4/h10-11,13-14,17H,5-9H2,1-4H3. The van der Waals surface area contributed by atoms with Crippen molar-refractivity contribution >= 4 is 5.69 Å². The fourth-order valence-corrected chi connectivity index (χ4v) is 3.17. The highest BCUT2D eigenvalue weighted by molar-refractivity contribution is 5.39. The highest BCUT2D eigenvalue weighted by Crippen LogP contribution is 2.39. The molecule has 1 N–H and O–H groups in total. The van der Waals surface area contributed by atoms with Gasteiger partial charge in [0.25, 0.3) is 0 Å². The third-order valence-corrected chi connectivity index (χ3v) is 4.19. The molecule has 1 aliphatic carbocycles. The molecule has 2 unspecified atom stereocenters. The molecule has 1 saturated carbocycles. The fraction of sp³-hybridized carbons (Fsp3) is 0.800. The summed E-state index contributed by atoms with van der Waals surface area (Å²) in [7, 11) is 0. The van der Waals surface area contributed by atoms with Crippen LogP contribution in [0.25, 0.3) is 0 Å². The number of anilines is 1. The first-order chi connectivity index (χ1) is 8.50. The second-order valence-corrected chi connectivity index (χ2v) is 6.59. The van der Waals surface area contributed by atoms with Gasteiger partial charge in [-0.15, -0.1) is 0 Å². The van der Waals surface area contributed by atoms with E-state index in [4.69, 9.17) is 0 Å². The molecule has 0 radical (unpaired) electrons. The second-order valence-electron chi connectivity index (χ2n) is 6.59. The van der Waals surface area contributed by atoms with Crippen LogP contribution in [0.1, 0.15) is 53.4 Å².